The summed E-state index contributed by atoms with van der Waals surface area (Å²) in [5, 5.41) is 0. The molecule has 1 aromatic rings. The summed E-state index contributed by atoms with van der Waals surface area (Å²) in [5.41, 5.74) is 3.59. The number of aldehydes is 1. The maximum Gasteiger partial charge on any atom is 0.142 e. The Balaban J connectivity index is 2.87. The summed E-state index contributed by atoms with van der Waals surface area (Å²) < 4.78 is 0. The molecular formula is C16H23NO. The van der Waals surface area contributed by atoms with E-state index in [0.29, 0.717) is 0 Å². The summed E-state index contributed by atoms with van der Waals surface area (Å²) in [6.07, 6.45) is 6.65. The van der Waals surface area contributed by atoms with Crippen LogP contribution in [0.3, 0.4) is 0 Å². The van der Waals surface area contributed by atoms with Gasteiger partial charge >= 0.3 is 0 Å². The van der Waals surface area contributed by atoms with E-state index in [9.17, 15) is 4.79 Å². The van der Waals surface area contributed by atoms with E-state index in [1.165, 1.54) is 30.2 Å². The molecule has 18 heavy (non-hydrogen) atoms. The van der Waals surface area contributed by atoms with Gasteiger partial charge in [-0.1, -0.05) is 25.5 Å². The Hall–Kier alpha value is -1.57. The van der Waals surface area contributed by atoms with Crippen molar-refractivity contribution < 1.29 is 4.79 Å². The Morgan fingerprint density at radius 3 is 2.61 bits per heavy atom. The number of allylic oxidation sites excluding steroid dienone is 1. The second-order valence-electron chi connectivity index (χ2n) is 4.47. The maximum absolute atomic E-state index is 10.3. The van der Waals surface area contributed by atoms with Crippen molar-refractivity contribution >= 4 is 18.0 Å². The number of carbonyl (C=O) groups excluding carboxylic acids is 1. The number of rotatable bonds is 7. The number of unbranched alkanes of at least 4 members (excludes halogenated alkanes) is 1. The van der Waals surface area contributed by atoms with Gasteiger partial charge in [-0.15, -0.1) is 0 Å². The van der Waals surface area contributed by atoms with E-state index in [-0.39, 0.29) is 0 Å². The van der Waals surface area contributed by atoms with Crippen LogP contribution in [0.15, 0.2) is 24.3 Å². The highest BCUT2D eigenvalue weighted by Crippen LogP contribution is 2.20. The Kier molecular flexibility index (Phi) is 6.20. The van der Waals surface area contributed by atoms with Crippen molar-refractivity contribution in [2.24, 2.45) is 0 Å². The number of carbonyl (C=O) groups is 1. The van der Waals surface area contributed by atoms with Gasteiger partial charge in [0, 0.05) is 18.8 Å². The molecule has 2 nitrogen and oxygen atoms in total. The molecule has 1 aromatic carbocycles. The van der Waals surface area contributed by atoms with Crippen molar-refractivity contribution in [3.05, 3.63) is 35.4 Å². The van der Waals surface area contributed by atoms with Crippen molar-refractivity contribution in [2.45, 2.75) is 33.6 Å². The quantitative estimate of drug-likeness (QED) is 0.537. The summed E-state index contributed by atoms with van der Waals surface area (Å²) in [5.74, 6) is 0. The van der Waals surface area contributed by atoms with Gasteiger partial charge in [0.15, 0.2) is 0 Å². The topological polar surface area (TPSA) is 20.3 Å². The molecule has 0 fully saturated rings. The van der Waals surface area contributed by atoms with Crippen molar-refractivity contribution in [3.63, 3.8) is 0 Å². The van der Waals surface area contributed by atoms with Crippen LogP contribution in [0.2, 0.25) is 0 Å². The van der Waals surface area contributed by atoms with E-state index in [0.717, 1.165) is 24.9 Å². The number of benzene rings is 1. The van der Waals surface area contributed by atoms with Crippen LogP contribution >= 0.6 is 0 Å². The molecule has 0 unspecified atom stereocenters. The largest absolute Gasteiger partial charge is 0.372 e. The van der Waals surface area contributed by atoms with E-state index in [2.05, 4.69) is 43.9 Å². The van der Waals surface area contributed by atoms with Crippen molar-refractivity contribution in [2.75, 3.05) is 18.0 Å². The minimum absolute atomic E-state index is 0.812. The van der Waals surface area contributed by atoms with Crippen LogP contribution in [-0.2, 0) is 4.79 Å². The van der Waals surface area contributed by atoms with Crippen LogP contribution in [0.4, 0.5) is 5.69 Å². The van der Waals surface area contributed by atoms with Gasteiger partial charge in [0.25, 0.3) is 0 Å². The predicted octanol–water partition coefficient (Wildman–Crippen LogP) is 3.83. The van der Waals surface area contributed by atoms with Crippen LogP contribution in [0.25, 0.3) is 6.08 Å². The van der Waals surface area contributed by atoms with E-state index in [1.54, 1.807) is 0 Å². The maximum atomic E-state index is 10.3. The highest BCUT2D eigenvalue weighted by Gasteiger charge is 2.04. The minimum atomic E-state index is 0.812. The monoisotopic (exact) mass is 245 g/mol. The fraction of sp³-hybridized carbons (Fsp3) is 0.438. The van der Waals surface area contributed by atoms with Gasteiger partial charge in [-0.25, -0.2) is 0 Å². The normalized spacial score (nSPS) is 10.8. The minimum Gasteiger partial charge on any atom is -0.372 e. The van der Waals surface area contributed by atoms with Crippen molar-refractivity contribution in [3.8, 4) is 0 Å². The first-order chi connectivity index (χ1) is 8.72. The average molecular weight is 245 g/mol. The summed E-state index contributed by atoms with van der Waals surface area (Å²) in [4.78, 5) is 12.7. The molecule has 0 amide bonds. The lowest BCUT2D eigenvalue weighted by atomic mass is 10.1. The van der Waals surface area contributed by atoms with Crippen molar-refractivity contribution in [1.29, 1.82) is 0 Å². The third-order valence-corrected chi connectivity index (χ3v) is 3.14. The van der Waals surface area contributed by atoms with E-state index < -0.39 is 0 Å². The molecule has 0 N–H and O–H groups in total. The first-order valence-electron chi connectivity index (χ1n) is 6.70. The van der Waals surface area contributed by atoms with Gasteiger partial charge in [-0.3, -0.25) is 4.79 Å². The molecule has 0 saturated heterocycles. The first-order valence-corrected chi connectivity index (χ1v) is 6.70. The molecule has 0 radical (unpaired) electrons. The average Bonchev–Trinajstić information content (AvgIpc) is 2.38. The highest BCUT2D eigenvalue weighted by molar-refractivity contribution is 5.75. The molecule has 0 atom stereocenters. The number of hydrogen-bond acceptors (Lipinski definition) is 2. The zero-order valence-corrected chi connectivity index (χ0v) is 11.6. The fourth-order valence-corrected chi connectivity index (χ4v) is 2.01. The molecule has 0 aliphatic carbocycles. The van der Waals surface area contributed by atoms with Gasteiger partial charge in [-0.05, 0) is 49.6 Å². The lowest BCUT2D eigenvalue weighted by Crippen LogP contribution is -2.23. The standard InChI is InChI=1S/C16H23NO/c1-4-6-11-17(5-2)16-10-9-15(8-7-12-18)14(3)13-16/h7-10,12-13H,4-6,11H2,1-3H3/b8-7+. The second kappa shape index (κ2) is 7.70. The van der Waals surface area contributed by atoms with Gasteiger partial charge < -0.3 is 4.90 Å². The number of nitrogens with zero attached hydrogens (tertiary/aromatic N) is 1. The zero-order chi connectivity index (χ0) is 13.4. The smallest absolute Gasteiger partial charge is 0.142 e. The Morgan fingerprint density at radius 1 is 1.28 bits per heavy atom. The molecule has 0 aliphatic heterocycles. The SMILES string of the molecule is CCCCN(CC)c1ccc(/C=C/C=O)c(C)c1. The number of hydrogen-bond donors (Lipinski definition) is 0. The molecule has 0 aliphatic rings. The molecule has 0 bridgehead atoms. The van der Waals surface area contributed by atoms with E-state index >= 15 is 0 Å². The molecule has 0 spiro atoms. The number of anilines is 1. The van der Waals surface area contributed by atoms with Crippen LogP contribution in [0.5, 0.6) is 0 Å². The Bertz CT molecular complexity index is 410. The van der Waals surface area contributed by atoms with E-state index in [4.69, 9.17) is 0 Å². The van der Waals surface area contributed by atoms with Gasteiger partial charge in [0.05, 0.1) is 0 Å². The van der Waals surface area contributed by atoms with Crippen LogP contribution in [0, 0.1) is 6.92 Å². The molecule has 98 valence electrons. The Morgan fingerprint density at radius 2 is 2.06 bits per heavy atom. The Labute approximate surface area is 110 Å². The van der Waals surface area contributed by atoms with Gasteiger partial charge in [0.1, 0.15) is 6.29 Å². The van der Waals surface area contributed by atoms with Gasteiger partial charge in [0.2, 0.25) is 0 Å². The van der Waals surface area contributed by atoms with E-state index in [1.807, 2.05) is 6.08 Å². The summed E-state index contributed by atoms with van der Waals surface area (Å²) in [7, 11) is 0. The molecule has 0 heterocycles. The highest BCUT2D eigenvalue weighted by atomic mass is 16.1. The zero-order valence-electron chi connectivity index (χ0n) is 11.6. The fourth-order valence-electron chi connectivity index (χ4n) is 2.01. The summed E-state index contributed by atoms with van der Waals surface area (Å²) in [6.45, 7) is 8.62. The third kappa shape index (κ3) is 4.02. The third-order valence-electron chi connectivity index (χ3n) is 3.14. The first kappa shape index (κ1) is 14.5. The van der Waals surface area contributed by atoms with Crippen LogP contribution in [0.1, 0.15) is 37.8 Å². The van der Waals surface area contributed by atoms with Crippen LogP contribution < -0.4 is 4.90 Å². The van der Waals surface area contributed by atoms with Crippen molar-refractivity contribution in [1.82, 2.24) is 0 Å². The molecule has 1 rings (SSSR count). The lowest BCUT2D eigenvalue weighted by molar-refractivity contribution is -0.104. The van der Waals surface area contributed by atoms with Gasteiger partial charge in [-0.2, -0.15) is 0 Å². The summed E-state index contributed by atoms with van der Waals surface area (Å²) in [6, 6.07) is 6.42. The predicted molar refractivity (Wildman–Crippen MR) is 79.1 cm³/mol. The van der Waals surface area contributed by atoms with Crippen LogP contribution in [-0.4, -0.2) is 19.4 Å². The lowest BCUT2D eigenvalue weighted by Gasteiger charge is -2.23. The molecule has 0 aromatic heterocycles. The molecular weight excluding hydrogens is 222 g/mol. The summed E-state index contributed by atoms with van der Waals surface area (Å²) >= 11 is 0. The molecule has 2 heteroatoms. The second-order valence-corrected chi connectivity index (χ2v) is 4.47. The number of aryl methyl sites for hydroxylation is 1. The molecule has 0 saturated carbocycles.